The van der Waals surface area contributed by atoms with Crippen LogP contribution in [0.5, 0.6) is 11.5 Å². The second-order valence-corrected chi connectivity index (χ2v) is 5.90. The summed E-state index contributed by atoms with van der Waals surface area (Å²) in [4.78, 5) is 0. The smallest absolute Gasteiger partial charge is 0.161 e. The van der Waals surface area contributed by atoms with Crippen molar-refractivity contribution in [2.75, 3.05) is 7.11 Å². The van der Waals surface area contributed by atoms with Crippen LogP contribution in [-0.2, 0) is 6.61 Å². The number of hydrogen-bond donors (Lipinski definition) is 1. The van der Waals surface area contributed by atoms with Crippen LogP contribution < -0.4 is 15.2 Å². The summed E-state index contributed by atoms with van der Waals surface area (Å²) < 4.78 is 11.4. The maximum Gasteiger partial charge on any atom is 0.161 e. The van der Waals surface area contributed by atoms with Crippen LogP contribution in [0.3, 0.4) is 0 Å². The molecule has 0 unspecified atom stereocenters. The van der Waals surface area contributed by atoms with E-state index in [2.05, 4.69) is 6.07 Å². The molecule has 2 N–H and O–H groups in total. The number of hydrogen-bond acceptors (Lipinski definition) is 3. The van der Waals surface area contributed by atoms with E-state index in [1.807, 2.05) is 42.5 Å². The van der Waals surface area contributed by atoms with E-state index in [0.29, 0.717) is 12.5 Å². The van der Waals surface area contributed by atoms with Crippen molar-refractivity contribution in [1.82, 2.24) is 0 Å². The summed E-state index contributed by atoms with van der Waals surface area (Å²) in [5, 5.41) is 0. The molecule has 1 saturated carbocycles. The Morgan fingerprint density at radius 3 is 2.50 bits per heavy atom. The monoisotopic (exact) mass is 297 g/mol. The van der Waals surface area contributed by atoms with Crippen molar-refractivity contribution in [3.05, 3.63) is 59.7 Å². The van der Waals surface area contributed by atoms with E-state index in [-0.39, 0.29) is 6.04 Å². The van der Waals surface area contributed by atoms with E-state index in [4.69, 9.17) is 15.2 Å². The predicted molar refractivity (Wildman–Crippen MR) is 88.0 cm³/mol. The molecule has 0 amide bonds. The van der Waals surface area contributed by atoms with Crippen LogP contribution in [0, 0.1) is 5.92 Å². The highest BCUT2D eigenvalue weighted by molar-refractivity contribution is 5.44. The van der Waals surface area contributed by atoms with E-state index in [0.717, 1.165) is 22.6 Å². The van der Waals surface area contributed by atoms with Crippen LogP contribution in [-0.4, -0.2) is 7.11 Å². The van der Waals surface area contributed by atoms with Crippen molar-refractivity contribution in [1.29, 1.82) is 0 Å². The molecular weight excluding hydrogens is 274 g/mol. The van der Waals surface area contributed by atoms with Crippen molar-refractivity contribution in [2.24, 2.45) is 11.7 Å². The van der Waals surface area contributed by atoms with Crippen molar-refractivity contribution in [3.63, 3.8) is 0 Å². The Balaban J connectivity index is 1.71. The van der Waals surface area contributed by atoms with E-state index in [1.165, 1.54) is 19.3 Å². The van der Waals surface area contributed by atoms with Crippen molar-refractivity contribution >= 4 is 0 Å². The predicted octanol–water partition coefficient (Wildman–Crippen LogP) is 4.07. The van der Waals surface area contributed by atoms with Gasteiger partial charge in [-0.25, -0.2) is 0 Å². The van der Waals surface area contributed by atoms with Gasteiger partial charge < -0.3 is 15.2 Å². The van der Waals surface area contributed by atoms with E-state index in [1.54, 1.807) is 7.11 Å². The van der Waals surface area contributed by atoms with Crippen LogP contribution in [0.4, 0.5) is 0 Å². The SMILES string of the molecule is COc1cc([C@H](N)C2CCC2)ccc1OCc1ccccc1. The van der Waals surface area contributed by atoms with Crippen LogP contribution in [0.2, 0.25) is 0 Å². The first-order valence-electron chi connectivity index (χ1n) is 7.88. The molecule has 1 aliphatic rings. The summed E-state index contributed by atoms with van der Waals surface area (Å²) in [5.41, 5.74) is 8.61. The molecule has 0 heterocycles. The minimum Gasteiger partial charge on any atom is -0.493 e. The van der Waals surface area contributed by atoms with Gasteiger partial charge in [0.15, 0.2) is 11.5 Å². The highest BCUT2D eigenvalue weighted by Crippen LogP contribution is 2.38. The molecular formula is C19H23NO2. The number of methoxy groups -OCH3 is 1. The minimum absolute atomic E-state index is 0.103. The van der Waals surface area contributed by atoms with Gasteiger partial charge in [0, 0.05) is 6.04 Å². The van der Waals surface area contributed by atoms with E-state index < -0.39 is 0 Å². The number of ether oxygens (including phenoxy) is 2. The van der Waals surface area contributed by atoms with E-state index in [9.17, 15) is 0 Å². The molecule has 3 nitrogen and oxygen atoms in total. The fraction of sp³-hybridized carbons (Fsp3) is 0.368. The normalized spacial score (nSPS) is 15.9. The van der Waals surface area contributed by atoms with Gasteiger partial charge in [0.1, 0.15) is 6.61 Å². The molecule has 0 spiro atoms. The maximum atomic E-state index is 6.34. The molecule has 22 heavy (non-hydrogen) atoms. The first kappa shape index (κ1) is 14.9. The Morgan fingerprint density at radius 2 is 1.86 bits per heavy atom. The second kappa shape index (κ2) is 6.84. The van der Waals surface area contributed by atoms with Gasteiger partial charge in [0.05, 0.1) is 7.11 Å². The molecule has 3 heteroatoms. The third kappa shape index (κ3) is 3.25. The molecule has 0 bridgehead atoms. The topological polar surface area (TPSA) is 44.5 Å². The fourth-order valence-corrected chi connectivity index (χ4v) is 2.82. The molecule has 0 aromatic heterocycles. The van der Waals surface area contributed by atoms with E-state index >= 15 is 0 Å². The average Bonchev–Trinajstić information content (AvgIpc) is 2.52. The highest BCUT2D eigenvalue weighted by Gasteiger charge is 2.26. The lowest BCUT2D eigenvalue weighted by Crippen LogP contribution is -2.26. The lowest BCUT2D eigenvalue weighted by atomic mass is 9.77. The van der Waals surface area contributed by atoms with Gasteiger partial charge in [-0.15, -0.1) is 0 Å². The first-order valence-corrected chi connectivity index (χ1v) is 7.88. The summed E-state index contributed by atoms with van der Waals surface area (Å²) in [7, 11) is 1.67. The largest absolute Gasteiger partial charge is 0.493 e. The van der Waals surface area contributed by atoms with Gasteiger partial charge in [-0.05, 0) is 42.0 Å². The van der Waals surface area contributed by atoms with Gasteiger partial charge >= 0.3 is 0 Å². The Hall–Kier alpha value is -2.00. The first-order chi connectivity index (χ1) is 10.8. The fourth-order valence-electron chi connectivity index (χ4n) is 2.82. The summed E-state index contributed by atoms with van der Waals surface area (Å²) in [6.07, 6.45) is 3.76. The van der Waals surface area contributed by atoms with Gasteiger partial charge in [-0.2, -0.15) is 0 Å². The number of rotatable bonds is 6. The molecule has 1 atom stereocenters. The summed E-state index contributed by atoms with van der Waals surface area (Å²) in [6, 6.07) is 16.3. The molecule has 0 radical (unpaired) electrons. The number of nitrogens with two attached hydrogens (primary N) is 1. The zero-order valence-corrected chi connectivity index (χ0v) is 13.0. The molecule has 0 aliphatic heterocycles. The third-order valence-electron chi connectivity index (χ3n) is 4.47. The van der Waals surface area contributed by atoms with Gasteiger partial charge in [0.2, 0.25) is 0 Å². The summed E-state index contributed by atoms with van der Waals surface area (Å²) in [5.74, 6) is 2.12. The molecule has 2 aromatic rings. The quantitative estimate of drug-likeness (QED) is 0.874. The van der Waals surface area contributed by atoms with Crippen LogP contribution in [0.1, 0.15) is 36.4 Å². The zero-order chi connectivity index (χ0) is 15.4. The van der Waals surface area contributed by atoms with Gasteiger partial charge in [0.25, 0.3) is 0 Å². The standard InChI is InChI=1S/C19H23NO2/c1-21-18-12-16(19(20)15-8-5-9-15)10-11-17(18)22-13-14-6-3-2-4-7-14/h2-4,6-7,10-12,15,19H,5,8-9,13,20H2,1H3/t19-/m1/s1. The molecule has 1 aliphatic carbocycles. The second-order valence-electron chi connectivity index (χ2n) is 5.90. The molecule has 1 fully saturated rings. The molecule has 0 saturated heterocycles. The third-order valence-corrected chi connectivity index (χ3v) is 4.47. The zero-order valence-electron chi connectivity index (χ0n) is 13.0. The van der Waals surface area contributed by atoms with Gasteiger partial charge in [-0.3, -0.25) is 0 Å². The Bertz CT molecular complexity index is 608. The Labute approximate surface area is 132 Å². The number of benzene rings is 2. The molecule has 116 valence electrons. The van der Waals surface area contributed by atoms with Crippen molar-refractivity contribution in [3.8, 4) is 11.5 Å². The minimum atomic E-state index is 0.103. The molecule has 3 rings (SSSR count). The van der Waals surface area contributed by atoms with Crippen LogP contribution in [0.25, 0.3) is 0 Å². The Kier molecular flexibility index (Phi) is 4.64. The van der Waals surface area contributed by atoms with Crippen LogP contribution >= 0.6 is 0 Å². The van der Waals surface area contributed by atoms with Crippen LogP contribution in [0.15, 0.2) is 48.5 Å². The summed E-state index contributed by atoms with van der Waals surface area (Å²) >= 11 is 0. The lowest BCUT2D eigenvalue weighted by molar-refractivity contribution is 0.262. The maximum absolute atomic E-state index is 6.34. The molecule has 2 aromatic carbocycles. The Morgan fingerprint density at radius 1 is 1.09 bits per heavy atom. The van der Waals surface area contributed by atoms with Gasteiger partial charge in [-0.1, -0.05) is 42.8 Å². The summed E-state index contributed by atoms with van der Waals surface area (Å²) in [6.45, 7) is 0.533. The lowest BCUT2D eigenvalue weighted by Gasteiger charge is -2.31. The van der Waals surface area contributed by atoms with Crippen molar-refractivity contribution in [2.45, 2.75) is 31.9 Å². The average molecular weight is 297 g/mol. The van der Waals surface area contributed by atoms with Crippen molar-refractivity contribution < 1.29 is 9.47 Å². The highest BCUT2D eigenvalue weighted by atomic mass is 16.5.